The first-order valence-corrected chi connectivity index (χ1v) is 6.13. The number of aryl methyl sites for hydroxylation is 1. The molecule has 2 rings (SSSR count). The van der Waals surface area contributed by atoms with Crippen LogP contribution in [0.5, 0.6) is 0 Å². The van der Waals surface area contributed by atoms with Gasteiger partial charge in [0.1, 0.15) is 0 Å². The molecule has 2 N–H and O–H groups in total. The van der Waals surface area contributed by atoms with E-state index in [0.29, 0.717) is 24.3 Å². The monoisotopic (exact) mass is 254 g/mol. The first kappa shape index (κ1) is 12.8. The Hall–Kier alpha value is -1.63. The molecule has 7 nitrogen and oxygen atoms in total. The molecular formula is C11H18N4O3. The smallest absolute Gasteiger partial charge is 0.324 e. The highest BCUT2D eigenvalue weighted by Gasteiger charge is 2.23. The Balaban J connectivity index is 1.83. The van der Waals surface area contributed by atoms with Crippen molar-refractivity contribution in [2.24, 2.45) is 5.92 Å². The van der Waals surface area contributed by atoms with E-state index < -0.39 is 5.97 Å². The standard InChI is InChI=1S/C11H18N4O3/c1-8-13-11(18-14-8)15-4-2-3-9(7-15)5-12-6-10(16)17/h9,12H,2-7H2,1H3,(H,16,17). The van der Waals surface area contributed by atoms with E-state index in [2.05, 4.69) is 20.4 Å². The third-order valence-electron chi connectivity index (χ3n) is 3.02. The summed E-state index contributed by atoms with van der Waals surface area (Å²) < 4.78 is 5.15. The highest BCUT2D eigenvalue weighted by atomic mass is 16.5. The number of aromatic nitrogens is 2. The molecule has 100 valence electrons. The Bertz CT molecular complexity index is 407. The maximum atomic E-state index is 10.4. The number of piperidine rings is 1. The molecule has 1 atom stereocenters. The quantitative estimate of drug-likeness (QED) is 0.779. The van der Waals surface area contributed by atoms with Gasteiger partial charge < -0.3 is 19.8 Å². The fourth-order valence-electron chi connectivity index (χ4n) is 2.20. The van der Waals surface area contributed by atoms with E-state index in [0.717, 1.165) is 25.9 Å². The summed E-state index contributed by atoms with van der Waals surface area (Å²) in [6.45, 7) is 4.25. The second-order valence-corrected chi connectivity index (χ2v) is 4.60. The molecule has 1 unspecified atom stereocenters. The Kier molecular flexibility index (Phi) is 4.14. The normalized spacial score (nSPS) is 20.1. The number of aliphatic carboxylic acids is 1. The molecule has 0 saturated carbocycles. The van der Waals surface area contributed by atoms with Gasteiger partial charge in [-0.25, -0.2) is 0 Å². The van der Waals surface area contributed by atoms with E-state index in [1.165, 1.54) is 0 Å². The number of carboxylic acids is 1. The van der Waals surface area contributed by atoms with E-state index in [9.17, 15) is 4.79 Å². The summed E-state index contributed by atoms with van der Waals surface area (Å²) in [5.74, 6) is 0.233. The minimum Gasteiger partial charge on any atom is -0.480 e. The topological polar surface area (TPSA) is 91.5 Å². The molecule has 1 fully saturated rings. The van der Waals surface area contributed by atoms with E-state index in [-0.39, 0.29) is 6.54 Å². The van der Waals surface area contributed by atoms with Crippen molar-refractivity contribution >= 4 is 12.0 Å². The van der Waals surface area contributed by atoms with Gasteiger partial charge in [0.25, 0.3) is 0 Å². The largest absolute Gasteiger partial charge is 0.480 e. The maximum Gasteiger partial charge on any atom is 0.324 e. The highest BCUT2D eigenvalue weighted by Crippen LogP contribution is 2.21. The average Bonchev–Trinajstić information content (AvgIpc) is 2.76. The molecule has 0 aromatic carbocycles. The van der Waals surface area contributed by atoms with Crippen LogP contribution in [0.4, 0.5) is 6.01 Å². The molecule has 1 aromatic rings. The van der Waals surface area contributed by atoms with Crippen LogP contribution in [-0.4, -0.2) is 47.4 Å². The number of carboxylic acid groups (broad SMARTS) is 1. The van der Waals surface area contributed by atoms with Crippen molar-refractivity contribution in [1.29, 1.82) is 0 Å². The van der Waals surface area contributed by atoms with Crippen molar-refractivity contribution in [1.82, 2.24) is 15.5 Å². The van der Waals surface area contributed by atoms with Gasteiger partial charge in [-0.1, -0.05) is 5.16 Å². The SMILES string of the molecule is Cc1noc(N2CCCC(CNCC(=O)O)C2)n1. The van der Waals surface area contributed by atoms with Gasteiger partial charge in [-0.05, 0) is 25.7 Å². The fourth-order valence-corrected chi connectivity index (χ4v) is 2.20. The summed E-state index contributed by atoms with van der Waals surface area (Å²) in [7, 11) is 0. The number of anilines is 1. The molecule has 1 aliphatic rings. The molecule has 2 heterocycles. The van der Waals surface area contributed by atoms with Crippen LogP contribution < -0.4 is 10.2 Å². The van der Waals surface area contributed by atoms with Crippen LogP contribution in [0.1, 0.15) is 18.7 Å². The Morgan fingerprint density at radius 1 is 1.67 bits per heavy atom. The Labute approximate surface area is 105 Å². The molecule has 1 aromatic heterocycles. The third kappa shape index (κ3) is 3.43. The number of hydrogen-bond acceptors (Lipinski definition) is 6. The van der Waals surface area contributed by atoms with Crippen LogP contribution in [0.25, 0.3) is 0 Å². The summed E-state index contributed by atoms with van der Waals surface area (Å²) >= 11 is 0. The van der Waals surface area contributed by atoms with Crippen LogP contribution in [0.3, 0.4) is 0 Å². The first-order chi connectivity index (χ1) is 8.65. The second-order valence-electron chi connectivity index (χ2n) is 4.60. The van der Waals surface area contributed by atoms with Gasteiger partial charge in [-0.15, -0.1) is 0 Å². The van der Waals surface area contributed by atoms with Crippen molar-refractivity contribution in [3.63, 3.8) is 0 Å². The summed E-state index contributed by atoms with van der Waals surface area (Å²) in [6, 6.07) is 0.565. The third-order valence-corrected chi connectivity index (χ3v) is 3.02. The molecule has 0 amide bonds. The van der Waals surface area contributed by atoms with Gasteiger partial charge >= 0.3 is 12.0 Å². The lowest BCUT2D eigenvalue weighted by Crippen LogP contribution is -2.40. The zero-order valence-corrected chi connectivity index (χ0v) is 10.4. The number of carbonyl (C=O) groups is 1. The molecule has 0 radical (unpaired) electrons. The summed E-state index contributed by atoms with van der Waals surface area (Å²) in [6.07, 6.45) is 2.15. The average molecular weight is 254 g/mol. The highest BCUT2D eigenvalue weighted by molar-refractivity contribution is 5.68. The molecule has 1 saturated heterocycles. The zero-order valence-electron chi connectivity index (χ0n) is 10.4. The molecule has 1 aliphatic heterocycles. The second kappa shape index (κ2) is 5.81. The summed E-state index contributed by atoms with van der Waals surface area (Å²) in [5.41, 5.74) is 0. The fraction of sp³-hybridized carbons (Fsp3) is 0.727. The van der Waals surface area contributed by atoms with Crippen LogP contribution in [-0.2, 0) is 4.79 Å². The van der Waals surface area contributed by atoms with E-state index >= 15 is 0 Å². The van der Waals surface area contributed by atoms with Crippen LogP contribution in [0.2, 0.25) is 0 Å². The van der Waals surface area contributed by atoms with Gasteiger partial charge in [0.15, 0.2) is 5.82 Å². The minimum absolute atomic E-state index is 0.0101. The van der Waals surface area contributed by atoms with E-state index in [1.807, 2.05) is 0 Å². The molecule has 0 aliphatic carbocycles. The van der Waals surface area contributed by atoms with Crippen molar-refractivity contribution in [3.05, 3.63) is 5.82 Å². The molecule has 7 heteroatoms. The van der Waals surface area contributed by atoms with Crippen molar-refractivity contribution in [2.45, 2.75) is 19.8 Å². The van der Waals surface area contributed by atoms with Gasteiger partial charge in [0.2, 0.25) is 0 Å². The summed E-state index contributed by atoms with van der Waals surface area (Å²) in [4.78, 5) is 16.7. The molecule has 0 bridgehead atoms. The maximum absolute atomic E-state index is 10.4. The van der Waals surface area contributed by atoms with Gasteiger partial charge in [-0.2, -0.15) is 4.98 Å². The predicted molar refractivity (Wildman–Crippen MR) is 64.5 cm³/mol. The van der Waals surface area contributed by atoms with Gasteiger partial charge in [0, 0.05) is 19.6 Å². The van der Waals surface area contributed by atoms with Crippen LogP contribution in [0.15, 0.2) is 4.52 Å². The lowest BCUT2D eigenvalue weighted by atomic mass is 9.98. The lowest BCUT2D eigenvalue weighted by Gasteiger charge is -2.31. The first-order valence-electron chi connectivity index (χ1n) is 6.13. The van der Waals surface area contributed by atoms with Crippen LogP contribution >= 0.6 is 0 Å². The molecule has 0 spiro atoms. The van der Waals surface area contributed by atoms with Crippen LogP contribution in [0, 0.1) is 12.8 Å². The number of rotatable bonds is 5. The van der Waals surface area contributed by atoms with Crippen molar-refractivity contribution in [2.75, 3.05) is 31.1 Å². The summed E-state index contributed by atoms with van der Waals surface area (Å²) in [5, 5.41) is 15.3. The van der Waals surface area contributed by atoms with Crippen molar-refractivity contribution < 1.29 is 14.4 Å². The predicted octanol–water partition coefficient (Wildman–Crippen LogP) is 0.269. The number of hydrogen-bond donors (Lipinski definition) is 2. The Morgan fingerprint density at radius 3 is 3.17 bits per heavy atom. The van der Waals surface area contributed by atoms with Gasteiger partial charge in [-0.3, -0.25) is 4.79 Å². The molecule has 18 heavy (non-hydrogen) atoms. The van der Waals surface area contributed by atoms with Crippen molar-refractivity contribution in [3.8, 4) is 0 Å². The van der Waals surface area contributed by atoms with E-state index in [4.69, 9.17) is 9.63 Å². The van der Waals surface area contributed by atoms with Gasteiger partial charge in [0.05, 0.1) is 6.54 Å². The number of nitrogens with zero attached hydrogens (tertiary/aromatic N) is 3. The minimum atomic E-state index is -0.824. The Morgan fingerprint density at radius 2 is 2.50 bits per heavy atom. The number of nitrogens with one attached hydrogen (secondary N) is 1. The zero-order chi connectivity index (χ0) is 13.0. The lowest BCUT2D eigenvalue weighted by molar-refractivity contribution is -0.136. The molecular weight excluding hydrogens is 236 g/mol. The van der Waals surface area contributed by atoms with E-state index in [1.54, 1.807) is 6.92 Å².